The molecule has 4 heteroatoms. The van der Waals surface area contributed by atoms with E-state index >= 15 is 0 Å². The first-order chi connectivity index (χ1) is 8.20. The molecule has 1 amide bonds. The monoisotopic (exact) mass is 232 g/mol. The number of carbonyl (C=O) groups excluding carboxylic acids is 1. The first kappa shape index (κ1) is 11.7. The van der Waals surface area contributed by atoms with E-state index in [9.17, 15) is 4.79 Å². The lowest BCUT2D eigenvalue weighted by molar-refractivity contribution is -0.129. The Bertz CT molecular complexity index is 419. The van der Waals surface area contributed by atoms with Crippen LogP contribution in [0.25, 0.3) is 0 Å². The summed E-state index contributed by atoms with van der Waals surface area (Å²) in [6.07, 6.45) is 3.74. The third kappa shape index (κ3) is 2.68. The van der Waals surface area contributed by atoms with Crippen LogP contribution >= 0.6 is 0 Å². The molecule has 0 N–H and O–H groups in total. The molecule has 0 saturated carbocycles. The number of nitriles is 1. The third-order valence-electron chi connectivity index (χ3n) is 3.26. The van der Waals surface area contributed by atoms with Gasteiger partial charge in [-0.25, -0.2) is 0 Å². The van der Waals surface area contributed by atoms with Gasteiger partial charge in [-0.05, 0) is 25.5 Å². The van der Waals surface area contributed by atoms with Gasteiger partial charge in [0, 0.05) is 25.4 Å². The number of amides is 1. The Labute approximate surface area is 101 Å². The average Bonchev–Trinajstić information content (AvgIpc) is 2.94. The van der Waals surface area contributed by atoms with Crippen LogP contribution in [-0.2, 0) is 11.2 Å². The van der Waals surface area contributed by atoms with Crippen LogP contribution in [0.1, 0.15) is 25.5 Å². The van der Waals surface area contributed by atoms with E-state index < -0.39 is 0 Å². The quantitative estimate of drug-likeness (QED) is 0.797. The van der Waals surface area contributed by atoms with Crippen LogP contribution in [0.15, 0.2) is 22.8 Å². The Kier molecular flexibility index (Phi) is 3.48. The first-order valence-electron chi connectivity index (χ1n) is 5.92. The molecule has 1 saturated heterocycles. The van der Waals surface area contributed by atoms with E-state index in [1.54, 1.807) is 6.26 Å². The Hall–Kier alpha value is -1.76. The van der Waals surface area contributed by atoms with Crippen molar-refractivity contribution in [1.82, 2.24) is 4.90 Å². The minimum absolute atomic E-state index is 0.100. The number of aryl methyl sites for hydroxylation is 1. The molecule has 4 nitrogen and oxygen atoms in total. The van der Waals surface area contributed by atoms with E-state index in [1.807, 2.05) is 24.0 Å². The Balaban J connectivity index is 1.86. The van der Waals surface area contributed by atoms with Crippen molar-refractivity contribution in [1.29, 1.82) is 5.26 Å². The fourth-order valence-corrected chi connectivity index (χ4v) is 2.21. The number of hydrogen-bond donors (Lipinski definition) is 0. The number of hydrogen-bond acceptors (Lipinski definition) is 3. The molecule has 1 aliphatic rings. The summed E-state index contributed by atoms with van der Waals surface area (Å²) in [7, 11) is 0. The van der Waals surface area contributed by atoms with Crippen LogP contribution in [0.4, 0.5) is 0 Å². The Morgan fingerprint density at radius 1 is 1.71 bits per heavy atom. The lowest BCUT2D eigenvalue weighted by Gasteiger charge is -2.23. The van der Waals surface area contributed by atoms with Gasteiger partial charge in [-0.2, -0.15) is 5.26 Å². The SMILES string of the molecule is CC(CCc1ccco1)N1CC(C#N)CC1=O. The maximum atomic E-state index is 11.7. The molecule has 0 spiro atoms. The molecule has 1 aromatic rings. The molecule has 2 atom stereocenters. The molecular formula is C13H16N2O2. The van der Waals surface area contributed by atoms with Gasteiger partial charge in [-0.1, -0.05) is 0 Å². The van der Waals surface area contributed by atoms with Crippen LogP contribution < -0.4 is 0 Å². The van der Waals surface area contributed by atoms with E-state index in [4.69, 9.17) is 9.68 Å². The second-order valence-corrected chi connectivity index (χ2v) is 4.54. The molecule has 0 bridgehead atoms. The fraction of sp³-hybridized carbons (Fsp3) is 0.538. The lowest BCUT2D eigenvalue weighted by Crippen LogP contribution is -2.34. The van der Waals surface area contributed by atoms with E-state index in [2.05, 4.69) is 6.07 Å². The largest absolute Gasteiger partial charge is 0.469 e. The number of nitrogens with zero attached hydrogens (tertiary/aromatic N) is 2. The normalized spacial score (nSPS) is 21.5. The highest BCUT2D eigenvalue weighted by Gasteiger charge is 2.32. The molecule has 1 aromatic heterocycles. The Morgan fingerprint density at radius 3 is 3.12 bits per heavy atom. The minimum Gasteiger partial charge on any atom is -0.469 e. The van der Waals surface area contributed by atoms with Crippen LogP contribution in [0.5, 0.6) is 0 Å². The zero-order valence-corrected chi connectivity index (χ0v) is 9.93. The molecule has 2 rings (SSSR count). The first-order valence-corrected chi connectivity index (χ1v) is 5.92. The van der Waals surface area contributed by atoms with E-state index in [0.717, 1.165) is 18.6 Å². The number of rotatable bonds is 4. The van der Waals surface area contributed by atoms with Crippen molar-refractivity contribution in [2.24, 2.45) is 5.92 Å². The van der Waals surface area contributed by atoms with Gasteiger partial charge in [-0.15, -0.1) is 0 Å². The number of carbonyl (C=O) groups is 1. The molecule has 2 unspecified atom stereocenters. The topological polar surface area (TPSA) is 57.2 Å². The van der Waals surface area contributed by atoms with Gasteiger partial charge in [0.05, 0.1) is 18.3 Å². The van der Waals surface area contributed by atoms with Crippen molar-refractivity contribution >= 4 is 5.91 Å². The van der Waals surface area contributed by atoms with Crippen molar-refractivity contribution in [3.8, 4) is 6.07 Å². The average molecular weight is 232 g/mol. The van der Waals surface area contributed by atoms with Gasteiger partial charge in [0.25, 0.3) is 0 Å². The maximum Gasteiger partial charge on any atom is 0.224 e. The summed E-state index contributed by atoms with van der Waals surface area (Å²) in [4.78, 5) is 13.5. The second-order valence-electron chi connectivity index (χ2n) is 4.54. The highest BCUT2D eigenvalue weighted by Crippen LogP contribution is 2.21. The summed E-state index contributed by atoms with van der Waals surface area (Å²) in [5.74, 6) is 0.914. The van der Waals surface area contributed by atoms with E-state index in [1.165, 1.54) is 0 Å². The molecule has 0 radical (unpaired) electrons. The summed E-state index contributed by atoms with van der Waals surface area (Å²) >= 11 is 0. The molecule has 90 valence electrons. The van der Waals surface area contributed by atoms with E-state index in [-0.39, 0.29) is 17.9 Å². The van der Waals surface area contributed by atoms with Gasteiger partial charge in [0.15, 0.2) is 0 Å². The van der Waals surface area contributed by atoms with Crippen LogP contribution in [0.3, 0.4) is 0 Å². The van der Waals surface area contributed by atoms with Gasteiger partial charge < -0.3 is 9.32 Å². The summed E-state index contributed by atoms with van der Waals surface area (Å²) < 4.78 is 5.26. The molecule has 1 fully saturated rings. The van der Waals surface area contributed by atoms with Crippen molar-refractivity contribution in [3.63, 3.8) is 0 Å². The lowest BCUT2D eigenvalue weighted by atomic mass is 10.1. The smallest absolute Gasteiger partial charge is 0.224 e. The van der Waals surface area contributed by atoms with Gasteiger partial charge in [0.2, 0.25) is 5.91 Å². The summed E-state index contributed by atoms with van der Waals surface area (Å²) in [5, 5.41) is 8.82. The summed E-state index contributed by atoms with van der Waals surface area (Å²) in [5.41, 5.74) is 0. The van der Waals surface area contributed by atoms with Crippen molar-refractivity contribution in [2.45, 2.75) is 32.2 Å². The highest BCUT2D eigenvalue weighted by atomic mass is 16.3. The predicted molar refractivity (Wildman–Crippen MR) is 61.9 cm³/mol. The standard InChI is InChI=1S/C13H16N2O2/c1-10(4-5-12-3-2-6-17-12)15-9-11(8-14)7-13(15)16/h2-3,6,10-11H,4-5,7,9H2,1H3. The van der Waals surface area contributed by atoms with Crippen molar-refractivity contribution < 1.29 is 9.21 Å². The molecule has 2 heterocycles. The minimum atomic E-state index is -0.131. The molecule has 0 aliphatic carbocycles. The van der Waals surface area contributed by atoms with Crippen molar-refractivity contribution in [2.75, 3.05) is 6.54 Å². The molecular weight excluding hydrogens is 216 g/mol. The molecule has 1 aliphatic heterocycles. The second kappa shape index (κ2) is 5.05. The molecule has 0 aromatic carbocycles. The zero-order chi connectivity index (χ0) is 12.3. The van der Waals surface area contributed by atoms with Gasteiger partial charge in [0.1, 0.15) is 5.76 Å². The maximum absolute atomic E-state index is 11.7. The zero-order valence-electron chi connectivity index (χ0n) is 9.93. The highest BCUT2D eigenvalue weighted by molar-refractivity contribution is 5.79. The molecule has 17 heavy (non-hydrogen) atoms. The summed E-state index contributed by atoms with van der Waals surface area (Å²) in [6, 6.07) is 6.15. The van der Waals surface area contributed by atoms with Crippen LogP contribution in [0.2, 0.25) is 0 Å². The fourth-order valence-electron chi connectivity index (χ4n) is 2.21. The van der Waals surface area contributed by atoms with E-state index in [0.29, 0.717) is 13.0 Å². The third-order valence-corrected chi connectivity index (χ3v) is 3.26. The van der Waals surface area contributed by atoms with Crippen LogP contribution in [-0.4, -0.2) is 23.4 Å². The van der Waals surface area contributed by atoms with Gasteiger partial charge >= 0.3 is 0 Å². The Morgan fingerprint density at radius 2 is 2.53 bits per heavy atom. The van der Waals surface area contributed by atoms with Crippen LogP contribution in [0, 0.1) is 17.2 Å². The number of likely N-dealkylation sites (tertiary alicyclic amines) is 1. The van der Waals surface area contributed by atoms with Gasteiger partial charge in [-0.3, -0.25) is 4.79 Å². The van der Waals surface area contributed by atoms with Crippen molar-refractivity contribution in [3.05, 3.63) is 24.2 Å². The summed E-state index contributed by atoms with van der Waals surface area (Å²) in [6.45, 7) is 2.61. The number of furan rings is 1. The predicted octanol–water partition coefficient (Wildman–Crippen LogP) is 1.97.